The van der Waals surface area contributed by atoms with Crippen molar-refractivity contribution in [2.75, 3.05) is 28.1 Å². The number of rotatable bonds is 9. The third-order valence-electron chi connectivity index (χ3n) is 5.88. The maximum absolute atomic E-state index is 13.6. The van der Waals surface area contributed by atoms with Gasteiger partial charge < -0.3 is 14.2 Å². The molecule has 0 radical (unpaired) electrons. The number of hydrogen-bond acceptors (Lipinski definition) is 9. The fraction of sp³-hybridized carbons (Fsp3) is 0.250. The van der Waals surface area contributed by atoms with Crippen molar-refractivity contribution in [3.63, 3.8) is 0 Å². The molecular formula is C28H35N7O3S. The molecular weight excluding hydrogens is 514 g/mol. The van der Waals surface area contributed by atoms with Gasteiger partial charge in [-0.3, -0.25) is 0 Å². The van der Waals surface area contributed by atoms with Gasteiger partial charge in [0.05, 0.1) is 18.5 Å². The SMILES string of the molecule is C=Cc1c(Oc2ccnc(C)n2)ccc(N(N)C(=O)N(N)c2cc(C(C)(C)C)cc(NSC)c2OC)c1C=C. The minimum Gasteiger partial charge on any atom is -0.492 e. The number of nitrogens with zero attached hydrogens (tertiary/aromatic N) is 4. The Bertz CT molecular complexity index is 1390. The van der Waals surface area contributed by atoms with Crippen LogP contribution in [0.15, 0.2) is 49.7 Å². The number of hydrazine groups is 2. The van der Waals surface area contributed by atoms with Gasteiger partial charge in [0.2, 0.25) is 5.88 Å². The van der Waals surface area contributed by atoms with E-state index in [9.17, 15) is 4.79 Å². The van der Waals surface area contributed by atoms with E-state index < -0.39 is 6.03 Å². The van der Waals surface area contributed by atoms with E-state index in [4.69, 9.17) is 21.2 Å². The monoisotopic (exact) mass is 549 g/mol. The van der Waals surface area contributed by atoms with Crippen molar-refractivity contribution in [1.29, 1.82) is 0 Å². The smallest absolute Gasteiger partial charge is 0.357 e. The number of nitrogens with one attached hydrogen (secondary N) is 1. The molecule has 0 saturated heterocycles. The van der Waals surface area contributed by atoms with Crippen LogP contribution in [-0.4, -0.2) is 29.4 Å². The van der Waals surface area contributed by atoms with Gasteiger partial charge >= 0.3 is 6.03 Å². The number of anilines is 3. The normalized spacial score (nSPS) is 11.0. The summed E-state index contributed by atoms with van der Waals surface area (Å²) in [4.78, 5) is 22.0. The molecule has 0 aliphatic rings. The van der Waals surface area contributed by atoms with Crippen LogP contribution in [0.5, 0.6) is 17.4 Å². The molecule has 206 valence electrons. The molecule has 1 heterocycles. The highest BCUT2D eigenvalue weighted by Gasteiger charge is 2.28. The summed E-state index contributed by atoms with van der Waals surface area (Å²) in [6.45, 7) is 15.8. The van der Waals surface area contributed by atoms with Gasteiger partial charge in [-0.1, -0.05) is 58.0 Å². The fourth-order valence-corrected chi connectivity index (χ4v) is 4.25. The van der Waals surface area contributed by atoms with E-state index in [-0.39, 0.29) is 5.41 Å². The first-order valence-electron chi connectivity index (χ1n) is 12.0. The molecule has 2 aromatic carbocycles. The maximum atomic E-state index is 13.6. The molecule has 0 fully saturated rings. The average molecular weight is 550 g/mol. The molecule has 0 saturated carbocycles. The van der Waals surface area contributed by atoms with Crippen molar-refractivity contribution >= 4 is 47.2 Å². The lowest BCUT2D eigenvalue weighted by atomic mass is 9.86. The van der Waals surface area contributed by atoms with Gasteiger partial charge in [0, 0.05) is 29.6 Å². The van der Waals surface area contributed by atoms with Crippen LogP contribution in [0.25, 0.3) is 12.2 Å². The summed E-state index contributed by atoms with van der Waals surface area (Å²) in [5.74, 6) is 14.6. The van der Waals surface area contributed by atoms with Crippen molar-refractivity contribution in [2.45, 2.75) is 33.1 Å². The second-order valence-corrected chi connectivity index (χ2v) is 10.1. The molecule has 0 aliphatic carbocycles. The molecule has 3 rings (SSSR count). The lowest BCUT2D eigenvalue weighted by Crippen LogP contribution is -2.51. The maximum Gasteiger partial charge on any atom is 0.357 e. The van der Waals surface area contributed by atoms with Crippen LogP contribution in [0.3, 0.4) is 0 Å². The number of benzene rings is 2. The van der Waals surface area contributed by atoms with Crippen molar-refractivity contribution in [3.05, 3.63) is 72.2 Å². The van der Waals surface area contributed by atoms with Gasteiger partial charge in [-0.15, -0.1) is 0 Å². The Morgan fingerprint density at radius 3 is 2.31 bits per heavy atom. The molecule has 0 aliphatic heterocycles. The Morgan fingerprint density at radius 2 is 1.74 bits per heavy atom. The third-order valence-corrected chi connectivity index (χ3v) is 6.30. The standard InChI is InChI=1S/C28H35N7O3S/c1-9-19-20(10-2)24(38-25-13-14-31-17(3)32-25)12-11-22(19)34(29)27(36)35(30)23-16-18(28(4,5)6)15-21(33-39-8)26(23)37-7/h9-16,33H,1-2,29-30H2,3-8H3. The summed E-state index contributed by atoms with van der Waals surface area (Å²) >= 11 is 1.40. The first-order chi connectivity index (χ1) is 18.5. The van der Waals surface area contributed by atoms with Crippen LogP contribution < -0.4 is 35.9 Å². The number of aryl methyl sites for hydroxylation is 1. The quantitative estimate of drug-likeness (QED) is 0.126. The number of urea groups is 1. The minimum absolute atomic E-state index is 0.227. The molecule has 0 atom stereocenters. The van der Waals surface area contributed by atoms with E-state index in [0.717, 1.165) is 15.6 Å². The summed E-state index contributed by atoms with van der Waals surface area (Å²) in [6.07, 6.45) is 6.66. The highest BCUT2D eigenvalue weighted by atomic mass is 32.2. The Kier molecular flexibility index (Phi) is 9.23. The van der Waals surface area contributed by atoms with Crippen LogP contribution in [-0.2, 0) is 5.41 Å². The summed E-state index contributed by atoms with van der Waals surface area (Å²) < 4.78 is 14.8. The summed E-state index contributed by atoms with van der Waals surface area (Å²) in [7, 11) is 1.52. The van der Waals surface area contributed by atoms with E-state index in [1.807, 2.05) is 18.4 Å². The van der Waals surface area contributed by atoms with E-state index in [1.54, 1.807) is 43.5 Å². The third kappa shape index (κ3) is 6.33. The number of ether oxygens (including phenoxy) is 2. The van der Waals surface area contributed by atoms with Crippen LogP contribution in [0.1, 0.15) is 43.3 Å². The lowest BCUT2D eigenvalue weighted by molar-refractivity contribution is 0.251. The molecule has 0 spiro atoms. The van der Waals surface area contributed by atoms with Crippen LogP contribution in [0.4, 0.5) is 21.9 Å². The number of nitrogens with two attached hydrogens (primary N) is 2. The van der Waals surface area contributed by atoms with Crippen molar-refractivity contribution in [2.24, 2.45) is 11.7 Å². The summed E-state index contributed by atoms with van der Waals surface area (Å²) in [6, 6.07) is 8.05. The molecule has 0 unspecified atom stereocenters. The molecule has 3 aromatic rings. The zero-order chi connectivity index (χ0) is 28.9. The Hall–Kier alpha value is -4.06. The van der Waals surface area contributed by atoms with Crippen molar-refractivity contribution in [3.8, 4) is 17.4 Å². The molecule has 2 amide bonds. The molecule has 0 bridgehead atoms. The first kappa shape index (κ1) is 29.5. The van der Waals surface area contributed by atoms with Gasteiger partial charge in [0.1, 0.15) is 17.3 Å². The highest BCUT2D eigenvalue weighted by molar-refractivity contribution is 7.99. The molecule has 5 N–H and O–H groups in total. The van der Waals surface area contributed by atoms with Crippen LogP contribution in [0, 0.1) is 6.92 Å². The number of carbonyl (C=O) groups excluding carboxylic acids is 1. The zero-order valence-electron chi connectivity index (χ0n) is 23.1. The van der Waals surface area contributed by atoms with E-state index >= 15 is 0 Å². The highest BCUT2D eigenvalue weighted by Crippen LogP contribution is 2.41. The topological polar surface area (TPSA) is 132 Å². The van der Waals surface area contributed by atoms with E-state index in [2.05, 4.69) is 48.6 Å². The lowest BCUT2D eigenvalue weighted by Gasteiger charge is -2.29. The van der Waals surface area contributed by atoms with E-state index in [1.165, 1.54) is 19.1 Å². The number of carbonyl (C=O) groups is 1. The molecule has 10 nitrogen and oxygen atoms in total. The predicted octanol–water partition coefficient (Wildman–Crippen LogP) is 6.04. The summed E-state index contributed by atoms with van der Waals surface area (Å²) in [5.41, 5.74) is 3.20. The Morgan fingerprint density at radius 1 is 1.08 bits per heavy atom. The largest absolute Gasteiger partial charge is 0.492 e. The molecule has 1 aromatic heterocycles. The summed E-state index contributed by atoms with van der Waals surface area (Å²) in [5, 5.41) is 1.92. The zero-order valence-corrected chi connectivity index (χ0v) is 23.9. The van der Waals surface area contributed by atoms with Gasteiger partial charge in [-0.05, 0) is 42.2 Å². The van der Waals surface area contributed by atoms with E-state index in [0.29, 0.717) is 51.4 Å². The average Bonchev–Trinajstić information content (AvgIpc) is 2.90. The fourth-order valence-electron chi connectivity index (χ4n) is 3.88. The first-order valence-corrected chi connectivity index (χ1v) is 13.2. The number of hydrogen-bond donors (Lipinski definition) is 3. The number of aromatic nitrogens is 2. The van der Waals surface area contributed by atoms with Crippen molar-refractivity contribution < 1.29 is 14.3 Å². The number of amides is 2. The predicted molar refractivity (Wildman–Crippen MR) is 161 cm³/mol. The second-order valence-electron chi connectivity index (χ2n) is 9.52. The molecule has 39 heavy (non-hydrogen) atoms. The van der Waals surface area contributed by atoms with Crippen LogP contribution >= 0.6 is 11.9 Å². The molecule has 11 heteroatoms. The van der Waals surface area contributed by atoms with Gasteiger partial charge in [0.25, 0.3) is 0 Å². The number of methoxy groups -OCH3 is 1. The minimum atomic E-state index is -0.701. The van der Waals surface area contributed by atoms with Crippen molar-refractivity contribution in [1.82, 2.24) is 9.97 Å². The van der Waals surface area contributed by atoms with Gasteiger partial charge in [-0.25, -0.2) is 31.5 Å². The Labute approximate surface area is 233 Å². The van der Waals surface area contributed by atoms with Gasteiger partial charge in [-0.2, -0.15) is 4.98 Å². The van der Waals surface area contributed by atoms with Gasteiger partial charge in [0.15, 0.2) is 5.75 Å². The van der Waals surface area contributed by atoms with Crippen LogP contribution in [0.2, 0.25) is 0 Å². The second kappa shape index (κ2) is 12.2. The Balaban J connectivity index is 2.05.